The van der Waals surface area contributed by atoms with Gasteiger partial charge in [-0.25, -0.2) is 0 Å². The number of hydrogen-bond acceptors (Lipinski definition) is 2. The van der Waals surface area contributed by atoms with E-state index in [1.807, 2.05) is 30.3 Å². The molecule has 0 saturated carbocycles. The summed E-state index contributed by atoms with van der Waals surface area (Å²) in [6, 6.07) is 13.4. The van der Waals surface area contributed by atoms with Crippen molar-refractivity contribution in [2.75, 3.05) is 5.32 Å². The predicted octanol–water partition coefficient (Wildman–Crippen LogP) is 5.35. The predicted molar refractivity (Wildman–Crippen MR) is 85.3 cm³/mol. The summed E-state index contributed by atoms with van der Waals surface area (Å²) in [5, 5.41) is 13.0. The number of nitrogens with one attached hydrogen (secondary N) is 1. The van der Waals surface area contributed by atoms with E-state index < -0.39 is 0 Å². The zero-order valence-corrected chi connectivity index (χ0v) is 13.7. The minimum Gasteiger partial charge on any atom is -0.380 e. The summed E-state index contributed by atoms with van der Waals surface area (Å²) < 4.78 is 1.87. The molecule has 0 aromatic heterocycles. The van der Waals surface area contributed by atoms with Crippen LogP contribution in [-0.2, 0) is 6.54 Å². The van der Waals surface area contributed by atoms with Crippen LogP contribution < -0.4 is 5.32 Å². The summed E-state index contributed by atoms with van der Waals surface area (Å²) in [6.07, 6.45) is 0. The first-order chi connectivity index (χ1) is 9.10. The van der Waals surface area contributed by atoms with Gasteiger partial charge in [-0.15, -0.1) is 0 Å². The normalized spacial score (nSPS) is 10.0. The highest BCUT2D eigenvalue weighted by Gasteiger charge is 2.05. The molecule has 0 fully saturated rings. The Morgan fingerprint density at radius 1 is 1.11 bits per heavy atom. The van der Waals surface area contributed by atoms with Crippen molar-refractivity contribution in [3.63, 3.8) is 0 Å². The van der Waals surface area contributed by atoms with Crippen LogP contribution in [0.1, 0.15) is 11.1 Å². The van der Waals surface area contributed by atoms with Gasteiger partial charge >= 0.3 is 0 Å². The number of halogens is 3. The Hall–Kier alpha value is -1.02. The fraction of sp³-hybridized carbons (Fsp3) is 0.0714. The van der Waals surface area contributed by atoms with Gasteiger partial charge in [-0.05, 0) is 35.9 Å². The topological polar surface area (TPSA) is 35.8 Å². The molecule has 0 radical (unpaired) electrons. The van der Waals surface area contributed by atoms with Crippen LogP contribution in [0.15, 0.2) is 45.3 Å². The van der Waals surface area contributed by atoms with E-state index >= 15 is 0 Å². The molecule has 0 atom stereocenters. The molecule has 2 aromatic rings. The number of nitriles is 1. The molecule has 0 aliphatic rings. The Balaban J connectivity index is 2.19. The minimum absolute atomic E-state index is 0.567. The lowest BCUT2D eigenvalue weighted by atomic mass is 10.1. The van der Waals surface area contributed by atoms with Crippen molar-refractivity contribution >= 4 is 49.1 Å². The number of anilines is 1. The zero-order chi connectivity index (χ0) is 13.8. The van der Waals surface area contributed by atoms with Gasteiger partial charge in [0.25, 0.3) is 0 Å². The number of nitrogens with zero attached hydrogens (tertiary/aromatic N) is 1. The van der Waals surface area contributed by atoms with Crippen LogP contribution in [0.2, 0.25) is 5.02 Å². The third-order valence-electron chi connectivity index (χ3n) is 2.59. The maximum absolute atomic E-state index is 9.06. The molecule has 2 nitrogen and oxygen atoms in total. The van der Waals surface area contributed by atoms with Crippen molar-refractivity contribution in [2.45, 2.75) is 6.54 Å². The second-order valence-electron chi connectivity index (χ2n) is 3.89. The maximum Gasteiger partial charge on any atom is 0.101 e. The van der Waals surface area contributed by atoms with Gasteiger partial charge < -0.3 is 5.32 Å². The van der Waals surface area contributed by atoms with E-state index in [2.05, 4.69) is 43.2 Å². The van der Waals surface area contributed by atoms with Crippen LogP contribution in [0.5, 0.6) is 0 Å². The molecular formula is C14H9Br2ClN2. The molecule has 0 unspecified atom stereocenters. The van der Waals surface area contributed by atoms with Crippen molar-refractivity contribution in [3.05, 3.63) is 61.5 Å². The van der Waals surface area contributed by atoms with Gasteiger partial charge in [-0.1, -0.05) is 49.5 Å². The molecule has 0 amide bonds. The van der Waals surface area contributed by atoms with Crippen molar-refractivity contribution in [1.82, 2.24) is 0 Å². The van der Waals surface area contributed by atoms with Gasteiger partial charge in [0.15, 0.2) is 0 Å². The summed E-state index contributed by atoms with van der Waals surface area (Å²) in [5.41, 5.74) is 2.38. The largest absolute Gasteiger partial charge is 0.380 e. The molecule has 1 N–H and O–H groups in total. The third-order valence-corrected chi connectivity index (χ3v) is 3.92. The molecule has 0 spiro atoms. The standard InChI is InChI=1S/C14H9Br2ClN2/c15-11-4-2-10(13(17)5-11)8-19-14-6-12(16)3-1-9(14)7-18/h1-6,19H,8H2. The van der Waals surface area contributed by atoms with E-state index in [-0.39, 0.29) is 0 Å². The minimum atomic E-state index is 0.567. The second-order valence-corrected chi connectivity index (χ2v) is 6.13. The molecule has 0 bridgehead atoms. The van der Waals surface area contributed by atoms with E-state index in [1.165, 1.54) is 0 Å². The molecule has 96 valence electrons. The van der Waals surface area contributed by atoms with Crippen LogP contribution in [0.4, 0.5) is 5.69 Å². The van der Waals surface area contributed by atoms with E-state index in [0.717, 1.165) is 20.2 Å². The summed E-state index contributed by atoms with van der Waals surface area (Å²) >= 11 is 12.9. The van der Waals surface area contributed by atoms with Gasteiger partial charge in [0.2, 0.25) is 0 Å². The van der Waals surface area contributed by atoms with E-state index in [9.17, 15) is 0 Å². The SMILES string of the molecule is N#Cc1ccc(Br)cc1NCc1ccc(Br)cc1Cl. The molecule has 5 heteroatoms. The number of benzene rings is 2. The molecule has 0 aliphatic carbocycles. The first-order valence-electron chi connectivity index (χ1n) is 5.47. The number of hydrogen-bond donors (Lipinski definition) is 1. The maximum atomic E-state index is 9.06. The number of rotatable bonds is 3. The van der Waals surface area contributed by atoms with Crippen molar-refractivity contribution in [1.29, 1.82) is 5.26 Å². The molecule has 19 heavy (non-hydrogen) atoms. The van der Waals surface area contributed by atoms with Crippen LogP contribution in [0, 0.1) is 11.3 Å². The van der Waals surface area contributed by atoms with Gasteiger partial charge in [0.05, 0.1) is 11.3 Å². The van der Waals surface area contributed by atoms with Crippen LogP contribution in [0.25, 0.3) is 0 Å². The highest BCUT2D eigenvalue weighted by atomic mass is 79.9. The molecular weight excluding hydrogens is 391 g/mol. The van der Waals surface area contributed by atoms with E-state index in [0.29, 0.717) is 17.1 Å². The summed E-state index contributed by atoms with van der Waals surface area (Å²) in [4.78, 5) is 0. The highest BCUT2D eigenvalue weighted by molar-refractivity contribution is 9.10. The Labute approximate surface area is 133 Å². The first-order valence-corrected chi connectivity index (χ1v) is 7.44. The molecule has 2 rings (SSSR count). The van der Waals surface area contributed by atoms with E-state index in [4.69, 9.17) is 16.9 Å². The van der Waals surface area contributed by atoms with E-state index in [1.54, 1.807) is 6.07 Å². The lowest BCUT2D eigenvalue weighted by molar-refractivity contribution is 1.14. The summed E-state index contributed by atoms with van der Waals surface area (Å²) in [7, 11) is 0. The fourth-order valence-electron chi connectivity index (χ4n) is 1.62. The lowest BCUT2D eigenvalue weighted by Gasteiger charge is -2.10. The average molecular weight is 401 g/mol. The lowest BCUT2D eigenvalue weighted by Crippen LogP contribution is -2.02. The fourth-order valence-corrected chi connectivity index (χ4v) is 2.72. The second kappa shape index (κ2) is 6.42. The monoisotopic (exact) mass is 398 g/mol. The van der Waals surface area contributed by atoms with Gasteiger partial charge in [0.1, 0.15) is 6.07 Å². The quantitative estimate of drug-likeness (QED) is 0.754. The van der Waals surface area contributed by atoms with Gasteiger partial charge in [0, 0.05) is 20.5 Å². The van der Waals surface area contributed by atoms with Crippen LogP contribution in [0.3, 0.4) is 0 Å². The Morgan fingerprint density at radius 2 is 1.79 bits per heavy atom. The zero-order valence-electron chi connectivity index (χ0n) is 9.75. The first kappa shape index (κ1) is 14.4. The van der Waals surface area contributed by atoms with Crippen molar-refractivity contribution < 1.29 is 0 Å². The Morgan fingerprint density at radius 3 is 2.47 bits per heavy atom. The Kier molecular flexibility index (Phi) is 4.87. The van der Waals surface area contributed by atoms with Gasteiger partial charge in [-0.3, -0.25) is 0 Å². The molecule has 0 saturated heterocycles. The smallest absolute Gasteiger partial charge is 0.101 e. The molecule has 0 heterocycles. The van der Waals surface area contributed by atoms with Crippen LogP contribution in [-0.4, -0.2) is 0 Å². The molecule has 2 aromatic carbocycles. The van der Waals surface area contributed by atoms with Crippen molar-refractivity contribution in [3.8, 4) is 6.07 Å². The van der Waals surface area contributed by atoms with Crippen molar-refractivity contribution in [2.24, 2.45) is 0 Å². The Bertz CT molecular complexity index is 650. The average Bonchev–Trinajstić information content (AvgIpc) is 2.38. The molecule has 0 aliphatic heterocycles. The van der Waals surface area contributed by atoms with Crippen LogP contribution >= 0.6 is 43.5 Å². The summed E-state index contributed by atoms with van der Waals surface area (Å²) in [6.45, 7) is 0.567. The summed E-state index contributed by atoms with van der Waals surface area (Å²) in [5.74, 6) is 0. The third kappa shape index (κ3) is 3.73. The van der Waals surface area contributed by atoms with Gasteiger partial charge in [-0.2, -0.15) is 5.26 Å². The highest BCUT2D eigenvalue weighted by Crippen LogP contribution is 2.24.